The fourth-order valence-corrected chi connectivity index (χ4v) is 2.22. The Kier molecular flexibility index (Phi) is 4.36. The van der Waals surface area contributed by atoms with E-state index in [-0.39, 0.29) is 11.9 Å². The Hall–Kier alpha value is -1.36. The Labute approximate surface area is 111 Å². The summed E-state index contributed by atoms with van der Waals surface area (Å²) in [7, 11) is 0. The molecule has 1 aliphatic heterocycles. The highest BCUT2D eigenvalue weighted by Crippen LogP contribution is 2.22. The molecule has 98 valence electrons. The van der Waals surface area contributed by atoms with Gasteiger partial charge in [-0.2, -0.15) is 0 Å². The molecule has 1 atom stereocenters. The van der Waals surface area contributed by atoms with Crippen LogP contribution in [0.3, 0.4) is 0 Å². The number of anilines is 1. The van der Waals surface area contributed by atoms with Crippen molar-refractivity contribution >= 4 is 23.4 Å². The molecule has 1 aromatic heterocycles. The van der Waals surface area contributed by atoms with Crippen LogP contribution in [0.5, 0.6) is 0 Å². The van der Waals surface area contributed by atoms with Gasteiger partial charge in [-0.25, -0.2) is 0 Å². The second kappa shape index (κ2) is 6.00. The van der Waals surface area contributed by atoms with Crippen LogP contribution in [0.1, 0.15) is 19.8 Å². The van der Waals surface area contributed by atoms with E-state index in [0.29, 0.717) is 18.3 Å². The molecule has 1 fully saturated rings. The van der Waals surface area contributed by atoms with Crippen LogP contribution in [-0.4, -0.2) is 35.9 Å². The Morgan fingerprint density at radius 1 is 1.56 bits per heavy atom. The van der Waals surface area contributed by atoms with Crippen LogP contribution in [0.2, 0.25) is 5.15 Å². The predicted octanol–water partition coefficient (Wildman–Crippen LogP) is 1.91. The molecular weight excluding hydrogens is 254 g/mol. The fraction of sp³-hybridized carbons (Fsp3) is 0.583. The highest BCUT2D eigenvalue weighted by atomic mass is 35.5. The van der Waals surface area contributed by atoms with E-state index in [4.69, 9.17) is 16.3 Å². The molecule has 0 unspecified atom stereocenters. The van der Waals surface area contributed by atoms with Gasteiger partial charge in [0.05, 0.1) is 12.5 Å². The summed E-state index contributed by atoms with van der Waals surface area (Å²) in [4.78, 5) is 13.8. The SMILES string of the molecule is CCOC(=O)[C@@H]1CCCN(c2ccc(Cl)nn2)C1. The summed E-state index contributed by atoms with van der Waals surface area (Å²) in [5.41, 5.74) is 0. The lowest BCUT2D eigenvalue weighted by atomic mass is 9.98. The van der Waals surface area contributed by atoms with Crippen LogP contribution < -0.4 is 4.90 Å². The number of halogens is 1. The van der Waals surface area contributed by atoms with Crippen molar-refractivity contribution in [2.75, 3.05) is 24.6 Å². The number of aromatic nitrogens is 2. The number of nitrogens with zero attached hydrogens (tertiary/aromatic N) is 3. The van der Waals surface area contributed by atoms with Crippen LogP contribution in [0, 0.1) is 5.92 Å². The molecule has 0 bridgehead atoms. The van der Waals surface area contributed by atoms with Crippen LogP contribution in [-0.2, 0) is 9.53 Å². The first-order valence-corrected chi connectivity index (χ1v) is 6.49. The normalized spacial score (nSPS) is 19.7. The van der Waals surface area contributed by atoms with E-state index in [1.165, 1.54) is 0 Å². The number of hydrogen-bond acceptors (Lipinski definition) is 5. The molecule has 1 saturated heterocycles. The van der Waals surface area contributed by atoms with Gasteiger partial charge in [-0.15, -0.1) is 10.2 Å². The van der Waals surface area contributed by atoms with Gasteiger partial charge in [0.15, 0.2) is 11.0 Å². The van der Waals surface area contributed by atoms with Crippen molar-refractivity contribution < 1.29 is 9.53 Å². The van der Waals surface area contributed by atoms with Crippen molar-refractivity contribution in [1.82, 2.24) is 10.2 Å². The standard InChI is InChI=1S/C12H16ClN3O2/c1-2-18-12(17)9-4-3-7-16(8-9)11-6-5-10(13)14-15-11/h5-6,9H,2-4,7-8H2,1H3/t9-/m1/s1. The zero-order chi connectivity index (χ0) is 13.0. The molecule has 5 nitrogen and oxygen atoms in total. The van der Waals surface area contributed by atoms with Crippen LogP contribution in [0.25, 0.3) is 0 Å². The summed E-state index contributed by atoms with van der Waals surface area (Å²) in [6.07, 6.45) is 1.82. The maximum atomic E-state index is 11.7. The molecule has 6 heteroatoms. The highest BCUT2D eigenvalue weighted by molar-refractivity contribution is 6.29. The Bertz CT molecular complexity index is 410. The van der Waals surface area contributed by atoms with Gasteiger partial charge in [-0.1, -0.05) is 11.6 Å². The lowest BCUT2D eigenvalue weighted by Gasteiger charge is -2.31. The smallest absolute Gasteiger partial charge is 0.310 e. The monoisotopic (exact) mass is 269 g/mol. The molecule has 0 aromatic carbocycles. The lowest BCUT2D eigenvalue weighted by Crippen LogP contribution is -2.39. The molecule has 0 spiro atoms. The quantitative estimate of drug-likeness (QED) is 0.785. The van der Waals surface area contributed by atoms with Gasteiger partial charge in [0.1, 0.15) is 0 Å². The molecule has 0 aliphatic carbocycles. The van der Waals surface area contributed by atoms with Crippen molar-refractivity contribution in [2.24, 2.45) is 5.92 Å². The third-order valence-electron chi connectivity index (χ3n) is 2.98. The molecule has 1 aromatic rings. The minimum atomic E-state index is -0.121. The molecule has 0 amide bonds. The lowest BCUT2D eigenvalue weighted by molar-refractivity contribution is -0.148. The molecule has 2 heterocycles. The number of carbonyl (C=O) groups excluding carboxylic acids is 1. The fourth-order valence-electron chi connectivity index (χ4n) is 2.12. The zero-order valence-electron chi connectivity index (χ0n) is 10.3. The van der Waals surface area contributed by atoms with Gasteiger partial charge < -0.3 is 9.64 Å². The van der Waals surface area contributed by atoms with Gasteiger partial charge in [0.25, 0.3) is 0 Å². The van der Waals surface area contributed by atoms with Gasteiger partial charge in [0, 0.05) is 13.1 Å². The number of hydrogen-bond donors (Lipinski definition) is 0. The Morgan fingerprint density at radius 3 is 3.06 bits per heavy atom. The average Bonchev–Trinajstić information content (AvgIpc) is 2.40. The first-order valence-electron chi connectivity index (χ1n) is 6.11. The molecule has 1 aliphatic rings. The summed E-state index contributed by atoms with van der Waals surface area (Å²) in [5.74, 6) is 0.564. The topological polar surface area (TPSA) is 55.3 Å². The maximum absolute atomic E-state index is 11.7. The first-order chi connectivity index (χ1) is 8.70. The number of ether oxygens (including phenoxy) is 1. The second-order valence-electron chi connectivity index (χ2n) is 4.25. The van der Waals surface area contributed by atoms with E-state index in [9.17, 15) is 4.79 Å². The van der Waals surface area contributed by atoms with Crippen LogP contribution >= 0.6 is 11.6 Å². The molecule has 18 heavy (non-hydrogen) atoms. The summed E-state index contributed by atoms with van der Waals surface area (Å²) in [5, 5.41) is 8.22. The number of carbonyl (C=O) groups is 1. The van der Waals surface area contributed by atoms with Gasteiger partial charge in [-0.05, 0) is 31.9 Å². The van der Waals surface area contributed by atoms with Gasteiger partial charge in [0.2, 0.25) is 0 Å². The highest BCUT2D eigenvalue weighted by Gasteiger charge is 2.27. The van der Waals surface area contributed by atoms with Crippen molar-refractivity contribution in [2.45, 2.75) is 19.8 Å². The summed E-state index contributed by atoms with van der Waals surface area (Å²) >= 11 is 5.70. The van der Waals surface area contributed by atoms with Gasteiger partial charge >= 0.3 is 5.97 Å². The van der Waals surface area contributed by atoms with E-state index in [1.54, 1.807) is 6.07 Å². The van der Waals surface area contributed by atoms with E-state index < -0.39 is 0 Å². The number of rotatable bonds is 3. The van der Waals surface area contributed by atoms with Crippen LogP contribution in [0.15, 0.2) is 12.1 Å². The largest absolute Gasteiger partial charge is 0.466 e. The molecule has 2 rings (SSSR count). The maximum Gasteiger partial charge on any atom is 0.310 e. The van der Waals surface area contributed by atoms with Crippen molar-refractivity contribution in [3.8, 4) is 0 Å². The third kappa shape index (κ3) is 3.10. The summed E-state index contributed by atoms with van der Waals surface area (Å²) in [6, 6.07) is 3.53. The minimum Gasteiger partial charge on any atom is -0.466 e. The second-order valence-corrected chi connectivity index (χ2v) is 4.64. The minimum absolute atomic E-state index is 0.0730. The molecular formula is C12H16ClN3O2. The van der Waals surface area contributed by atoms with E-state index in [2.05, 4.69) is 15.1 Å². The summed E-state index contributed by atoms with van der Waals surface area (Å²) in [6.45, 7) is 3.76. The molecule has 0 radical (unpaired) electrons. The first kappa shape index (κ1) is 13.1. The van der Waals surface area contributed by atoms with Crippen molar-refractivity contribution in [3.63, 3.8) is 0 Å². The Balaban J connectivity index is 2.02. The number of piperidine rings is 1. The predicted molar refractivity (Wildman–Crippen MR) is 68.6 cm³/mol. The van der Waals surface area contributed by atoms with Crippen LogP contribution in [0.4, 0.5) is 5.82 Å². The van der Waals surface area contributed by atoms with Crippen molar-refractivity contribution in [1.29, 1.82) is 0 Å². The molecule has 0 N–H and O–H groups in total. The van der Waals surface area contributed by atoms with E-state index >= 15 is 0 Å². The van der Waals surface area contributed by atoms with Gasteiger partial charge in [-0.3, -0.25) is 4.79 Å². The average molecular weight is 270 g/mol. The third-order valence-corrected chi connectivity index (χ3v) is 3.18. The molecule has 0 saturated carbocycles. The summed E-state index contributed by atoms with van der Waals surface area (Å²) < 4.78 is 5.06. The Morgan fingerprint density at radius 2 is 2.39 bits per heavy atom. The van der Waals surface area contributed by atoms with Crippen molar-refractivity contribution in [3.05, 3.63) is 17.3 Å². The number of esters is 1. The zero-order valence-corrected chi connectivity index (χ0v) is 11.1. The van der Waals surface area contributed by atoms with E-state index in [1.807, 2.05) is 13.0 Å². The van der Waals surface area contributed by atoms with E-state index in [0.717, 1.165) is 25.2 Å².